The molecule has 1 aliphatic carbocycles. The highest BCUT2D eigenvalue weighted by molar-refractivity contribution is 6.22. The van der Waals surface area contributed by atoms with Crippen molar-refractivity contribution in [2.75, 3.05) is 11.5 Å². The van der Waals surface area contributed by atoms with Crippen molar-refractivity contribution in [2.24, 2.45) is 5.92 Å². The smallest absolute Gasteiger partial charge is 0.251 e. The first-order chi connectivity index (χ1) is 11.6. The number of benzene rings is 1. The van der Waals surface area contributed by atoms with Gasteiger partial charge in [0.1, 0.15) is 5.75 Å². The molecule has 0 spiro atoms. The summed E-state index contributed by atoms with van der Waals surface area (Å²) in [5, 5.41) is 3.44. The minimum atomic E-state index is -0.394. The second-order valence-corrected chi connectivity index (χ2v) is 6.79. The fourth-order valence-corrected chi connectivity index (χ4v) is 3.71. The van der Waals surface area contributed by atoms with E-state index in [9.17, 15) is 9.59 Å². The second kappa shape index (κ2) is 7.34. The summed E-state index contributed by atoms with van der Waals surface area (Å²) in [6, 6.07) is 7.07. The third kappa shape index (κ3) is 3.46. The van der Waals surface area contributed by atoms with Crippen LogP contribution in [0, 0.1) is 5.92 Å². The highest BCUT2D eigenvalue weighted by atomic mass is 16.5. The number of nitrogens with zero attached hydrogens (tertiary/aromatic N) is 1. The zero-order valence-corrected chi connectivity index (χ0v) is 14.5. The first-order valence-corrected chi connectivity index (χ1v) is 8.96. The van der Waals surface area contributed by atoms with Gasteiger partial charge in [0.15, 0.2) is 0 Å². The molecule has 2 aliphatic rings. The van der Waals surface area contributed by atoms with Gasteiger partial charge in [0.25, 0.3) is 5.91 Å². The molecule has 5 nitrogen and oxygen atoms in total. The maximum Gasteiger partial charge on any atom is 0.251 e. The lowest BCUT2D eigenvalue weighted by molar-refractivity contribution is -0.121. The number of nitrogens with one attached hydrogen (secondary N) is 1. The largest absolute Gasteiger partial charge is 0.494 e. The molecule has 0 unspecified atom stereocenters. The fourth-order valence-electron chi connectivity index (χ4n) is 3.71. The van der Waals surface area contributed by atoms with Crippen LogP contribution in [-0.4, -0.2) is 30.5 Å². The molecule has 3 rings (SSSR count). The van der Waals surface area contributed by atoms with Gasteiger partial charge in [0.2, 0.25) is 5.91 Å². The molecule has 1 aliphatic heterocycles. The summed E-state index contributed by atoms with van der Waals surface area (Å²) in [5.74, 6) is 1.03. The number of rotatable bonds is 5. The van der Waals surface area contributed by atoms with Crippen molar-refractivity contribution in [3.63, 3.8) is 0 Å². The summed E-state index contributed by atoms with van der Waals surface area (Å²) in [4.78, 5) is 26.4. The Balaban J connectivity index is 1.69. The zero-order valence-electron chi connectivity index (χ0n) is 14.5. The Hall–Kier alpha value is -1.88. The van der Waals surface area contributed by atoms with Gasteiger partial charge in [0.05, 0.1) is 24.8 Å². The SMILES string of the molecule is CCOc1ccc(N2C(=O)C[C@H](N[C@H]3CCCC[C@@H]3C)C2=O)cc1. The van der Waals surface area contributed by atoms with Crippen LogP contribution < -0.4 is 15.0 Å². The van der Waals surface area contributed by atoms with Crippen molar-refractivity contribution in [1.29, 1.82) is 0 Å². The van der Waals surface area contributed by atoms with E-state index in [-0.39, 0.29) is 18.2 Å². The van der Waals surface area contributed by atoms with Crippen molar-refractivity contribution in [3.8, 4) is 5.75 Å². The van der Waals surface area contributed by atoms with E-state index in [1.807, 2.05) is 6.92 Å². The predicted molar refractivity (Wildman–Crippen MR) is 93.1 cm³/mol. The van der Waals surface area contributed by atoms with E-state index in [1.165, 1.54) is 24.2 Å². The average Bonchev–Trinajstić information content (AvgIpc) is 2.85. The summed E-state index contributed by atoms with van der Waals surface area (Å²) in [6.45, 7) is 4.73. The van der Waals surface area contributed by atoms with E-state index in [0.717, 1.165) is 12.2 Å². The summed E-state index contributed by atoms with van der Waals surface area (Å²) >= 11 is 0. The van der Waals surface area contributed by atoms with E-state index >= 15 is 0 Å². The summed E-state index contributed by atoms with van der Waals surface area (Å²) in [6.07, 6.45) is 4.97. The molecule has 0 radical (unpaired) electrons. The standard InChI is InChI=1S/C19H26N2O3/c1-3-24-15-10-8-14(9-11-15)21-18(22)12-17(19(21)23)20-16-7-5-4-6-13(16)2/h8-11,13,16-17,20H,3-7,12H2,1-2H3/t13-,16-,17-/m0/s1. The normalized spacial score (nSPS) is 27.6. The van der Waals surface area contributed by atoms with Crippen LogP contribution in [0.1, 0.15) is 46.0 Å². The van der Waals surface area contributed by atoms with Crippen molar-refractivity contribution in [1.82, 2.24) is 5.32 Å². The number of imide groups is 1. The number of carbonyl (C=O) groups is 2. The minimum absolute atomic E-state index is 0.134. The van der Waals surface area contributed by atoms with Crippen LogP contribution in [0.4, 0.5) is 5.69 Å². The Kier molecular flexibility index (Phi) is 5.19. The van der Waals surface area contributed by atoms with E-state index in [2.05, 4.69) is 12.2 Å². The molecule has 2 amide bonds. The third-order valence-electron chi connectivity index (χ3n) is 5.08. The maximum atomic E-state index is 12.7. The van der Waals surface area contributed by atoms with Gasteiger partial charge in [-0.3, -0.25) is 9.59 Å². The Morgan fingerprint density at radius 1 is 1.17 bits per heavy atom. The van der Waals surface area contributed by atoms with Gasteiger partial charge in [-0.05, 0) is 49.9 Å². The second-order valence-electron chi connectivity index (χ2n) is 6.79. The molecule has 1 aromatic rings. The molecular weight excluding hydrogens is 304 g/mol. The Morgan fingerprint density at radius 3 is 2.54 bits per heavy atom. The molecule has 5 heteroatoms. The molecule has 24 heavy (non-hydrogen) atoms. The monoisotopic (exact) mass is 330 g/mol. The molecule has 1 saturated carbocycles. The lowest BCUT2D eigenvalue weighted by atomic mass is 9.85. The van der Waals surface area contributed by atoms with Crippen LogP contribution in [-0.2, 0) is 9.59 Å². The minimum Gasteiger partial charge on any atom is -0.494 e. The molecule has 2 fully saturated rings. The highest BCUT2D eigenvalue weighted by Gasteiger charge is 2.41. The first kappa shape index (κ1) is 17.0. The van der Waals surface area contributed by atoms with Crippen LogP contribution >= 0.6 is 0 Å². The maximum absolute atomic E-state index is 12.7. The molecule has 1 heterocycles. The van der Waals surface area contributed by atoms with Gasteiger partial charge in [-0.1, -0.05) is 19.8 Å². The molecular formula is C19H26N2O3. The van der Waals surface area contributed by atoms with Gasteiger partial charge >= 0.3 is 0 Å². The quantitative estimate of drug-likeness (QED) is 0.844. The van der Waals surface area contributed by atoms with Crippen molar-refractivity contribution in [2.45, 2.75) is 58.0 Å². The fraction of sp³-hybridized carbons (Fsp3) is 0.579. The van der Waals surface area contributed by atoms with Crippen LogP contribution in [0.5, 0.6) is 5.75 Å². The van der Waals surface area contributed by atoms with E-state index in [1.54, 1.807) is 24.3 Å². The number of hydrogen-bond donors (Lipinski definition) is 1. The Bertz CT molecular complexity index is 599. The third-order valence-corrected chi connectivity index (χ3v) is 5.08. The van der Waals surface area contributed by atoms with Gasteiger partial charge in [-0.25, -0.2) is 4.90 Å². The van der Waals surface area contributed by atoms with Crippen LogP contribution in [0.25, 0.3) is 0 Å². The number of anilines is 1. The van der Waals surface area contributed by atoms with Crippen LogP contribution in [0.15, 0.2) is 24.3 Å². The van der Waals surface area contributed by atoms with Gasteiger partial charge in [-0.2, -0.15) is 0 Å². The average molecular weight is 330 g/mol. The summed E-state index contributed by atoms with van der Waals surface area (Å²) in [5.41, 5.74) is 0.620. The van der Waals surface area contributed by atoms with E-state index in [0.29, 0.717) is 24.3 Å². The molecule has 1 aromatic carbocycles. The highest BCUT2D eigenvalue weighted by Crippen LogP contribution is 2.28. The lowest BCUT2D eigenvalue weighted by Gasteiger charge is -2.31. The zero-order chi connectivity index (χ0) is 17.1. The molecule has 1 N–H and O–H groups in total. The van der Waals surface area contributed by atoms with Crippen LogP contribution in [0.2, 0.25) is 0 Å². The topological polar surface area (TPSA) is 58.6 Å². The van der Waals surface area contributed by atoms with E-state index in [4.69, 9.17) is 4.74 Å². The van der Waals surface area contributed by atoms with Gasteiger partial charge in [-0.15, -0.1) is 0 Å². The number of ether oxygens (including phenoxy) is 1. The lowest BCUT2D eigenvalue weighted by Crippen LogP contribution is -2.47. The van der Waals surface area contributed by atoms with Crippen molar-refractivity contribution in [3.05, 3.63) is 24.3 Å². The van der Waals surface area contributed by atoms with Crippen LogP contribution in [0.3, 0.4) is 0 Å². The Labute approximate surface area is 143 Å². The van der Waals surface area contributed by atoms with Crippen molar-refractivity contribution < 1.29 is 14.3 Å². The van der Waals surface area contributed by atoms with Gasteiger partial charge < -0.3 is 10.1 Å². The number of hydrogen-bond acceptors (Lipinski definition) is 4. The summed E-state index contributed by atoms with van der Waals surface area (Å²) < 4.78 is 5.41. The first-order valence-electron chi connectivity index (χ1n) is 8.96. The molecule has 0 aromatic heterocycles. The number of amides is 2. The molecule has 130 valence electrons. The van der Waals surface area contributed by atoms with Crippen molar-refractivity contribution >= 4 is 17.5 Å². The predicted octanol–water partition coefficient (Wildman–Crippen LogP) is 2.89. The molecule has 3 atom stereocenters. The summed E-state index contributed by atoms with van der Waals surface area (Å²) in [7, 11) is 0. The molecule has 0 bridgehead atoms. The Morgan fingerprint density at radius 2 is 1.88 bits per heavy atom. The number of carbonyl (C=O) groups excluding carboxylic acids is 2. The van der Waals surface area contributed by atoms with Gasteiger partial charge in [0, 0.05) is 6.04 Å². The van der Waals surface area contributed by atoms with E-state index < -0.39 is 6.04 Å². The molecule has 1 saturated heterocycles.